The maximum Gasteiger partial charge on any atom is 0.271 e. The lowest BCUT2D eigenvalue weighted by atomic mass is 9.86. The number of ether oxygens (including phenoxy) is 1. The van der Waals surface area contributed by atoms with E-state index in [1.54, 1.807) is 25.4 Å². The largest absolute Gasteiger partial charge is 0.481 e. The van der Waals surface area contributed by atoms with Crippen molar-refractivity contribution in [2.24, 2.45) is 5.92 Å². The Hall–Kier alpha value is -2.41. The minimum Gasteiger partial charge on any atom is -0.481 e. The van der Waals surface area contributed by atoms with E-state index in [0.29, 0.717) is 36.3 Å². The number of aliphatic hydroxyl groups is 1. The number of nitrogens with one attached hydrogen (secondary N) is 1. The number of carbonyl (C=O) groups excluding carboxylic acids is 1. The van der Waals surface area contributed by atoms with Crippen LogP contribution in [-0.4, -0.2) is 56.9 Å². The van der Waals surface area contributed by atoms with Gasteiger partial charge in [-0.25, -0.2) is 4.98 Å². The topological polar surface area (TPSA) is 91.3 Å². The van der Waals surface area contributed by atoms with Gasteiger partial charge in [-0.1, -0.05) is 0 Å². The number of amides is 1. The number of hydrogen-bond acceptors (Lipinski definition) is 5. The highest BCUT2D eigenvalue weighted by atomic mass is 16.5. The highest BCUT2D eigenvalue weighted by Gasteiger charge is 2.28. The van der Waals surface area contributed by atoms with E-state index in [0.717, 1.165) is 24.8 Å². The lowest BCUT2D eigenvalue weighted by molar-refractivity contribution is 0.0357. The van der Waals surface area contributed by atoms with Gasteiger partial charge in [-0.15, -0.1) is 0 Å². The molecule has 140 valence electrons. The fraction of sp³-hybridized carbons (Fsp3) is 0.526. The number of hydrogen-bond donors (Lipinski definition) is 2. The van der Waals surface area contributed by atoms with Crippen molar-refractivity contribution in [2.75, 3.05) is 20.2 Å². The summed E-state index contributed by atoms with van der Waals surface area (Å²) in [6.07, 6.45) is 4.28. The van der Waals surface area contributed by atoms with Crippen LogP contribution in [0.3, 0.4) is 0 Å². The van der Waals surface area contributed by atoms with E-state index >= 15 is 0 Å². The van der Waals surface area contributed by atoms with E-state index in [1.165, 1.54) is 0 Å². The van der Waals surface area contributed by atoms with Gasteiger partial charge in [0.1, 0.15) is 5.69 Å². The molecule has 1 aliphatic rings. The molecule has 0 radical (unpaired) electrons. The molecular formula is C19H26N4O3. The molecule has 3 rings (SSSR count). The molecule has 0 aliphatic carbocycles. The summed E-state index contributed by atoms with van der Waals surface area (Å²) in [6, 6.07) is 5.38. The van der Waals surface area contributed by atoms with Gasteiger partial charge in [0.15, 0.2) is 0 Å². The maximum atomic E-state index is 12.7. The van der Waals surface area contributed by atoms with Crippen molar-refractivity contribution in [1.82, 2.24) is 20.1 Å². The predicted octanol–water partition coefficient (Wildman–Crippen LogP) is 2.49. The molecule has 1 amide bonds. The van der Waals surface area contributed by atoms with Gasteiger partial charge in [0.05, 0.1) is 18.4 Å². The predicted molar refractivity (Wildman–Crippen MR) is 97.9 cm³/mol. The Morgan fingerprint density at radius 2 is 2.12 bits per heavy atom. The Morgan fingerprint density at radius 3 is 2.69 bits per heavy atom. The summed E-state index contributed by atoms with van der Waals surface area (Å²) in [5, 5.41) is 17.0. The Kier molecular flexibility index (Phi) is 5.27. The summed E-state index contributed by atoms with van der Waals surface area (Å²) < 4.78 is 5.05. The molecule has 7 nitrogen and oxygen atoms in total. The highest BCUT2D eigenvalue weighted by Crippen LogP contribution is 2.27. The SMILES string of the molecule is COc1ccc(-c2cc(C(=O)N3CCC(CC(C)(C)O)CC3)[nH]n2)cn1. The van der Waals surface area contributed by atoms with Crippen LogP contribution in [0.4, 0.5) is 0 Å². The van der Waals surface area contributed by atoms with E-state index in [4.69, 9.17) is 4.74 Å². The van der Waals surface area contributed by atoms with Crippen LogP contribution in [0, 0.1) is 5.92 Å². The van der Waals surface area contributed by atoms with E-state index < -0.39 is 5.60 Å². The molecule has 0 unspecified atom stereocenters. The molecule has 26 heavy (non-hydrogen) atoms. The molecule has 2 aromatic rings. The normalized spacial score (nSPS) is 15.9. The molecule has 2 N–H and O–H groups in total. The van der Waals surface area contributed by atoms with Crippen LogP contribution in [0.25, 0.3) is 11.3 Å². The second-order valence-electron chi connectivity index (χ2n) is 7.51. The number of nitrogens with zero attached hydrogens (tertiary/aromatic N) is 3. The number of pyridine rings is 1. The number of rotatable bonds is 5. The van der Waals surface area contributed by atoms with Gasteiger partial charge in [0, 0.05) is 30.9 Å². The second kappa shape index (κ2) is 7.45. The molecule has 0 atom stereocenters. The fourth-order valence-corrected chi connectivity index (χ4v) is 3.45. The molecule has 7 heteroatoms. The average molecular weight is 358 g/mol. The van der Waals surface area contributed by atoms with Crippen molar-refractivity contribution in [3.8, 4) is 17.1 Å². The summed E-state index contributed by atoms with van der Waals surface area (Å²) in [5.74, 6) is 0.961. The zero-order chi connectivity index (χ0) is 18.7. The summed E-state index contributed by atoms with van der Waals surface area (Å²) in [4.78, 5) is 18.7. The lowest BCUT2D eigenvalue weighted by Gasteiger charge is -2.34. The van der Waals surface area contributed by atoms with Gasteiger partial charge in [0.2, 0.25) is 5.88 Å². The molecule has 1 fully saturated rings. The Balaban J connectivity index is 1.61. The number of carbonyl (C=O) groups is 1. The summed E-state index contributed by atoms with van der Waals surface area (Å²) in [7, 11) is 1.57. The minimum atomic E-state index is -0.651. The van der Waals surface area contributed by atoms with Crippen molar-refractivity contribution in [3.63, 3.8) is 0 Å². The first-order valence-electron chi connectivity index (χ1n) is 8.93. The molecule has 1 saturated heterocycles. The van der Waals surface area contributed by atoms with Crippen molar-refractivity contribution >= 4 is 5.91 Å². The van der Waals surface area contributed by atoms with Gasteiger partial charge in [-0.05, 0) is 51.2 Å². The van der Waals surface area contributed by atoms with Crippen molar-refractivity contribution in [1.29, 1.82) is 0 Å². The Labute approximate surface area is 153 Å². The smallest absolute Gasteiger partial charge is 0.271 e. The Morgan fingerprint density at radius 1 is 1.38 bits per heavy atom. The van der Waals surface area contributed by atoms with Crippen LogP contribution >= 0.6 is 0 Å². The highest BCUT2D eigenvalue weighted by molar-refractivity contribution is 5.93. The van der Waals surface area contributed by atoms with Crippen molar-refractivity contribution in [3.05, 3.63) is 30.1 Å². The van der Waals surface area contributed by atoms with E-state index in [2.05, 4.69) is 15.2 Å². The molecule has 3 heterocycles. The first kappa shape index (κ1) is 18.4. The number of aromatic amines is 1. The number of piperidine rings is 1. The molecule has 0 saturated carbocycles. The van der Waals surface area contributed by atoms with Crippen LogP contribution in [0.2, 0.25) is 0 Å². The average Bonchev–Trinajstić information content (AvgIpc) is 3.10. The molecular weight excluding hydrogens is 332 g/mol. The molecule has 0 aromatic carbocycles. The number of methoxy groups -OCH3 is 1. The van der Waals surface area contributed by atoms with Crippen LogP contribution in [0.15, 0.2) is 24.4 Å². The Bertz CT molecular complexity index is 741. The first-order valence-corrected chi connectivity index (χ1v) is 8.93. The van der Waals surface area contributed by atoms with Crippen molar-refractivity contribution < 1.29 is 14.6 Å². The van der Waals surface area contributed by atoms with Gasteiger partial charge < -0.3 is 14.7 Å². The van der Waals surface area contributed by atoms with Crippen molar-refractivity contribution in [2.45, 2.75) is 38.7 Å². The fourth-order valence-electron chi connectivity index (χ4n) is 3.45. The summed E-state index contributed by atoms with van der Waals surface area (Å²) in [6.45, 7) is 5.09. The summed E-state index contributed by atoms with van der Waals surface area (Å²) in [5.41, 5.74) is 1.34. The quantitative estimate of drug-likeness (QED) is 0.857. The molecule has 1 aliphatic heterocycles. The third-order valence-corrected chi connectivity index (χ3v) is 4.74. The van der Waals surface area contributed by atoms with Crippen LogP contribution < -0.4 is 4.74 Å². The zero-order valence-electron chi connectivity index (χ0n) is 15.5. The molecule has 2 aromatic heterocycles. The molecule has 0 bridgehead atoms. The third kappa shape index (κ3) is 4.40. The molecule has 0 spiro atoms. The lowest BCUT2D eigenvalue weighted by Crippen LogP contribution is -2.40. The number of H-pyrrole nitrogens is 1. The van der Waals surface area contributed by atoms with Gasteiger partial charge >= 0.3 is 0 Å². The van der Waals surface area contributed by atoms with Gasteiger partial charge in [-0.2, -0.15) is 5.10 Å². The third-order valence-electron chi connectivity index (χ3n) is 4.74. The standard InChI is InChI=1S/C19H26N4O3/c1-19(2,25)11-13-6-8-23(9-7-13)18(24)16-10-15(21-22-16)14-4-5-17(26-3)20-12-14/h4-5,10,12-13,25H,6-9,11H2,1-3H3,(H,21,22). The van der Waals surface area contributed by atoms with E-state index in [9.17, 15) is 9.90 Å². The van der Waals surface area contributed by atoms with E-state index in [-0.39, 0.29) is 5.91 Å². The van der Waals surface area contributed by atoms with Crippen LogP contribution in [-0.2, 0) is 0 Å². The zero-order valence-corrected chi connectivity index (χ0v) is 15.5. The van der Waals surface area contributed by atoms with Crippen LogP contribution in [0.5, 0.6) is 5.88 Å². The monoisotopic (exact) mass is 358 g/mol. The van der Waals surface area contributed by atoms with Gasteiger partial charge in [-0.3, -0.25) is 9.89 Å². The summed E-state index contributed by atoms with van der Waals surface area (Å²) >= 11 is 0. The van der Waals surface area contributed by atoms with Crippen LogP contribution in [0.1, 0.15) is 43.6 Å². The maximum absolute atomic E-state index is 12.7. The first-order chi connectivity index (χ1) is 12.4. The van der Waals surface area contributed by atoms with E-state index in [1.807, 2.05) is 24.8 Å². The van der Waals surface area contributed by atoms with Gasteiger partial charge in [0.25, 0.3) is 5.91 Å². The minimum absolute atomic E-state index is 0.0353. The number of aromatic nitrogens is 3. The second-order valence-corrected chi connectivity index (χ2v) is 7.51. The number of likely N-dealkylation sites (tertiary alicyclic amines) is 1.